The summed E-state index contributed by atoms with van der Waals surface area (Å²) in [6.45, 7) is 1.78. The molecule has 1 unspecified atom stereocenters. The lowest BCUT2D eigenvalue weighted by molar-refractivity contribution is 0.124. The van der Waals surface area contributed by atoms with Gasteiger partial charge in [-0.3, -0.25) is 0 Å². The molecular formula is C3H10ClNO. The zero-order valence-electron chi connectivity index (χ0n) is 3.97. The lowest BCUT2D eigenvalue weighted by Crippen LogP contribution is -2.15. The van der Waals surface area contributed by atoms with E-state index in [1.807, 2.05) is 0 Å². The Morgan fingerprint density at radius 2 is 1.83 bits per heavy atom. The van der Waals surface area contributed by atoms with Crippen LogP contribution in [0.2, 0.25) is 0 Å². The maximum Gasteiger partial charge on any atom is 0.102 e. The number of hydrogen-bond donors (Lipinski definition) is 1. The molecule has 0 aromatic heterocycles. The van der Waals surface area contributed by atoms with Crippen LogP contribution in [-0.2, 0) is 4.74 Å². The van der Waals surface area contributed by atoms with Gasteiger partial charge in [0.1, 0.15) is 6.23 Å². The molecule has 0 heterocycles. The molecule has 0 fully saturated rings. The molecule has 0 saturated heterocycles. The van der Waals surface area contributed by atoms with Gasteiger partial charge in [0.15, 0.2) is 0 Å². The average Bonchev–Trinajstić information content (AvgIpc) is 1.38. The Bertz CT molecular complexity index is 24.8. The third-order valence-electron chi connectivity index (χ3n) is 0.372. The lowest BCUT2D eigenvalue weighted by Gasteiger charge is -1.95. The molecule has 40 valence electrons. The van der Waals surface area contributed by atoms with Gasteiger partial charge in [0.25, 0.3) is 0 Å². The minimum absolute atomic E-state index is 0. The summed E-state index contributed by atoms with van der Waals surface area (Å²) in [5, 5.41) is 0. The Morgan fingerprint density at radius 1 is 1.67 bits per heavy atom. The van der Waals surface area contributed by atoms with Gasteiger partial charge in [-0.15, -0.1) is 12.4 Å². The second-order valence-corrected chi connectivity index (χ2v) is 0.941. The van der Waals surface area contributed by atoms with Crippen LogP contribution in [0.1, 0.15) is 6.92 Å². The van der Waals surface area contributed by atoms with E-state index in [0.29, 0.717) is 0 Å². The second kappa shape index (κ2) is 5.21. The maximum atomic E-state index is 5.07. The van der Waals surface area contributed by atoms with Crippen LogP contribution in [0, 0.1) is 0 Å². The fourth-order valence-corrected chi connectivity index (χ4v) is 0. The molecule has 0 aromatic rings. The molecule has 0 bridgehead atoms. The summed E-state index contributed by atoms with van der Waals surface area (Å²) < 4.78 is 4.53. The van der Waals surface area contributed by atoms with E-state index >= 15 is 0 Å². The zero-order valence-corrected chi connectivity index (χ0v) is 4.79. The lowest BCUT2D eigenvalue weighted by atomic mass is 10.7. The van der Waals surface area contributed by atoms with Crippen molar-refractivity contribution in [1.29, 1.82) is 0 Å². The Hall–Kier alpha value is 0.210. The smallest absolute Gasteiger partial charge is 0.102 e. The first-order chi connectivity index (χ1) is 2.27. The van der Waals surface area contributed by atoms with E-state index in [1.54, 1.807) is 14.0 Å². The number of halogens is 1. The molecule has 0 aliphatic rings. The first-order valence-corrected chi connectivity index (χ1v) is 1.55. The van der Waals surface area contributed by atoms with E-state index in [9.17, 15) is 0 Å². The topological polar surface area (TPSA) is 35.2 Å². The molecule has 2 N–H and O–H groups in total. The molecule has 0 amide bonds. The number of rotatable bonds is 1. The van der Waals surface area contributed by atoms with E-state index in [2.05, 4.69) is 4.74 Å². The molecule has 3 heteroatoms. The van der Waals surface area contributed by atoms with Crippen molar-refractivity contribution >= 4 is 12.4 Å². The molecule has 0 aliphatic heterocycles. The van der Waals surface area contributed by atoms with E-state index < -0.39 is 0 Å². The minimum atomic E-state index is -0.116. The predicted molar refractivity (Wildman–Crippen MR) is 27.9 cm³/mol. The summed E-state index contributed by atoms with van der Waals surface area (Å²) in [4.78, 5) is 0. The van der Waals surface area contributed by atoms with Gasteiger partial charge in [-0.1, -0.05) is 0 Å². The van der Waals surface area contributed by atoms with Gasteiger partial charge in [-0.05, 0) is 6.92 Å². The molecule has 0 saturated carbocycles. The summed E-state index contributed by atoms with van der Waals surface area (Å²) in [6, 6.07) is 0. The molecular weight excluding hydrogens is 101 g/mol. The molecule has 1 atom stereocenters. The minimum Gasteiger partial charge on any atom is -0.367 e. The van der Waals surface area contributed by atoms with E-state index in [4.69, 9.17) is 5.73 Å². The number of methoxy groups -OCH3 is 1. The maximum absolute atomic E-state index is 5.07. The summed E-state index contributed by atoms with van der Waals surface area (Å²) in [5.74, 6) is 0. The third kappa shape index (κ3) is 8.88. The molecule has 0 rings (SSSR count). The molecule has 0 aliphatic carbocycles. The van der Waals surface area contributed by atoms with Crippen molar-refractivity contribution in [1.82, 2.24) is 0 Å². The normalized spacial score (nSPS) is 12.5. The summed E-state index contributed by atoms with van der Waals surface area (Å²) in [5.41, 5.74) is 5.07. The van der Waals surface area contributed by atoms with Crippen LogP contribution >= 0.6 is 12.4 Å². The van der Waals surface area contributed by atoms with Crippen molar-refractivity contribution in [2.75, 3.05) is 7.11 Å². The van der Waals surface area contributed by atoms with Crippen LogP contribution in [0.3, 0.4) is 0 Å². The average molecular weight is 112 g/mol. The summed E-state index contributed by atoms with van der Waals surface area (Å²) in [6.07, 6.45) is -0.116. The van der Waals surface area contributed by atoms with Gasteiger partial charge in [-0.2, -0.15) is 0 Å². The van der Waals surface area contributed by atoms with Crippen LogP contribution in [0.5, 0.6) is 0 Å². The van der Waals surface area contributed by atoms with Crippen LogP contribution in [0.4, 0.5) is 0 Å². The highest BCUT2D eigenvalue weighted by Crippen LogP contribution is 1.66. The van der Waals surface area contributed by atoms with Crippen LogP contribution in [0.15, 0.2) is 0 Å². The number of nitrogens with two attached hydrogens (primary N) is 1. The quantitative estimate of drug-likeness (QED) is 0.496. The summed E-state index contributed by atoms with van der Waals surface area (Å²) >= 11 is 0. The predicted octanol–water partition coefficient (Wildman–Crippen LogP) is 0.359. The van der Waals surface area contributed by atoms with Gasteiger partial charge >= 0.3 is 0 Å². The highest BCUT2D eigenvalue weighted by molar-refractivity contribution is 5.85. The monoisotopic (exact) mass is 111 g/mol. The van der Waals surface area contributed by atoms with Crippen molar-refractivity contribution in [3.8, 4) is 0 Å². The fraction of sp³-hybridized carbons (Fsp3) is 1.00. The molecule has 0 aromatic carbocycles. The van der Waals surface area contributed by atoms with Crippen molar-refractivity contribution in [2.24, 2.45) is 5.73 Å². The van der Waals surface area contributed by atoms with Crippen molar-refractivity contribution in [2.45, 2.75) is 13.2 Å². The molecule has 0 radical (unpaired) electrons. The van der Waals surface area contributed by atoms with Crippen molar-refractivity contribution in [3.05, 3.63) is 0 Å². The van der Waals surface area contributed by atoms with Gasteiger partial charge < -0.3 is 10.5 Å². The Kier molecular flexibility index (Phi) is 8.26. The first kappa shape index (κ1) is 9.51. The van der Waals surface area contributed by atoms with Crippen molar-refractivity contribution in [3.63, 3.8) is 0 Å². The molecule has 6 heavy (non-hydrogen) atoms. The van der Waals surface area contributed by atoms with E-state index in [0.717, 1.165) is 0 Å². The van der Waals surface area contributed by atoms with Crippen LogP contribution in [-0.4, -0.2) is 13.3 Å². The molecule has 0 spiro atoms. The van der Waals surface area contributed by atoms with Crippen LogP contribution in [0.25, 0.3) is 0 Å². The Labute approximate surface area is 44.1 Å². The highest BCUT2D eigenvalue weighted by Gasteiger charge is 1.78. The first-order valence-electron chi connectivity index (χ1n) is 1.55. The third-order valence-corrected chi connectivity index (χ3v) is 0.372. The Balaban J connectivity index is 0. The standard InChI is InChI=1S/C3H9NO.ClH/c1-3(4)5-2;/h3H,4H2,1-2H3;1H. The van der Waals surface area contributed by atoms with Crippen LogP contribution < -0.4 is 5.73 Å². The van der Waals surface area contributed by atoms with Gasteiger partial charge in [0, 0.05) is 7.11 Å². The van der Waals surface area contributed by atoms with Crippen molar-refractivity contribution < 1.29 is 4.74 Å². The summed E-state index contributed by atoms with van der Waals surface area (Å²) in [7, 11) is 1.57. The van der Waals surface area contributed by atoms with E-state index in [1.165, 1.54) is 0 Å². The van der Waals surface area contributed by atoms with E-state index in [-0.39, 0.29) is 18.6 Å². The molecule has 2 nitrogen and oxygen atoms in total. The van der Waals surface area contributed by atoms with Gasteiger partial charge in [-0.25, -0.2) is 0 Å². The highest BCUT2D eigenvalue weighted by atomic mass is 35.5. The number of hydrogen-bond acceptors (Lipinski definition) is 2. The van der Waals surface area contributed by atoms with Gasteiger partial charge in [0.2, 0.25) is 0 Å². The van der Waals surface area contributed by atoms with Gasteiger partial charge in [0.05, 0.1) is 0 Å². The Morgan fingerprint density at radius 3 is 1.83 bits per heavy atom. The zero-order chi connectivity index (χ0) is 4.28. The SMILES string of the molecule is COC(C)N.Cl. The fourth-order valence-electron chi connectivity index (χ4n) is 0. The second-order valence-electron chi connectivity index (χ2n) is 0.941. The largest absolute Gasteiger partial charge is 0.367 e. The number of ether oxygens (including phenoxy) is 1.